The van der Waals surface area contributed by atoms with Crippen LogP contribution in [0.25, 0.3) is 11.0 Å². The number of aromatic nitrogens is 2. The fourth-order valence-electron chi connectivity index (χ4n) is 4.70. The Morgan fingerprint density at radius 3 is 2.62 bits per heavy atom. The van der Waals surface area contributed by atoms with Crippen LogP contribution in [0.1, 0.15) is 35.2 Å². The van der Waals surface area contributed by atoms with Crippen LogP contribution in [0.2, 0.25) is 0 Å². The third-order valence-corrected chi connectivity index (χ3v) is 6.91. The average molecular weight is 398 g/mol. The first-order valence-corrected chi connectivity index (χ1v) is 10.8. The molecule has 2 atom stereocenters. The summed E-state index contributed by atoms with van der Waals surface area (Å²) in [4.78, 5) is 19.5. The normalized spacial score (nSPS) is 21.0. The van der Waals surface area contributed by atoms with Crippen molar-refractivity contribution in [1.29, 1.82) is 0 Å². The van der Waals surface area contributed by atoms with Crippen molar-refractivity contribution in [3.05, 3.63) is 93.8 Å². The van der Waals surface area contributed by atoms with Gasteiger partial charge >= 0.3 is 0 Å². The van der Waals surface area contributed by atoms with E-state index in [4.69, 9.17) is 4.98 Å². The van der Waals surface area contributed by atoms with Crippen LogP contribution in [0.3, 0.4) is 0 Å². The molecule has 1 aliphatic heterocycles. The number of fused-ring (bicyclic) bond motifs is 3. The molecule has 2 aromatic carbocycles. The molecule has 2 unspecified atom stereocenters. The van der Waals surface area contributed by atoms with Crippen molar-refractivity contribution < 1.29 is 4.79 Å². The van der Waals surface area contributed by atoms with Crippen molar-refractivity contribution in [1.82, 2.24) is 9.55 Å². The van der Waals surface area contributed by atoms with Gasteiger partial charge < -0.3 is 5.32 Å². The smallest absolute Gasteiger partial charge is 0.209 e. The van der Waals surface area contributed by atoms with Crippen LogP contribution in [-0.2, 0) is 4.79 Å². The maximum atomic E-state index is 13.5. The number of ketones is 1. The molecule has 0 amide bonds. The van der Waals surface area contributed by atoms with E-state index >= 15 is 0 Å². The molecule has 0 saturated heterocycles. The zero-order valence-electron chi connectivity index (χ0n) is 15.7. The third-order valence-electron chi connectivity index (χ3n) is 5.98. The molecule has 2 aliphatic rings. The number of thiophene rings is 1. The highest BCUT2D eigenvalue weighted by Crippen LogP contribution is 2.46. The summed E-state index contributed by atoms with van der Waals surface area (Å²) in [6.45, 7) is 0. The molecule has 6 rings (SSSR count). The number of Topliss-reactive ketones (excluding diaryl/α,β-unsaturated/α-hetero) is 1. The summed E-state index contributed by atoms with van der Waals surface area (Å²) in [5, 5.41) is 5.61. The minimum Gasteiger partial charge on any atom is -0.329 e. The molecule has 1 aliphatic carbocycles. The summed E-state index contributed by atoms with van der Waals surface area (Å²) in [5.41, 5.74) is 5.15. The number of hydrogen-bond acceptors (Lipinski definition) is 4. The van der Waals surface area contributed by atoms with Gasteiger partial charge in [0.1, 0.15) is 6.04 Å². The quantitative estimate of drug-likeness (QED) is 0.485. The van der Waals surface area contributed by atoms with Crippen molar-refractivity contribution in [3.8, 4) is 0 Å². The topological polar surface area (TPSA) is 46.9 Å². The minimum atomic E-state index is -0.113. The number of rotatable bonds is 2. The molecule has 4 nitrogen and oxygen atoms in total. The maximum Gasteiger partial charge on any atom is 0.209 e. The number of nitrogens with one attached hydrogen (secondary N) is 1. The van der Waals surface area contributed by atoms with Gasteiger partial charge in [-0.3, -0.25) is 9.36 Å². The molecule has 0 bridgehead atoms. The molecule has 3 heterocycles. The van der Waals surface area contributed by atoms with Crippen molar-refractivity contribution in [2.24, 2.45) is 0 Å². The fraction of sp³-hybridized carbons (Fsp3) is 0.167. The minimum absolute atomic E-state index is 0.113. The molecular weight excluding hydrogens is 378 g/mol. The van der Waals surface area contributed by atoms with Gasteiger partial charge in [0.2, 0.25) is 5.95 Å². The van der Waals surface area contributed by atoms with Crippen molar-refractivity contribution in [2.45, 2.75) is 24.8 Å². The summed E-state index contributed by atoms with van der Waals surface area (Å²) in [6, 6.07) is 22.6. The highest BCUT2D eigenvalue weighted by molar-refractivity contribution is 7.10. The van der Waals surface area contributed by atoms with E-state index in [0.29, 0.717) is 6.42 Å². The van der Waals surface area contributed by atoms with Crippen LogP contribution < -0.4 is 5.32 Å². The number of para-hydroxylation sites is 2. The van der Waals surface area contributed by atoms with E-state index in [1.807, 2.05) is 36.4 Å². The second kappa shape index (κ2) is 6.42. The van der Waals surface area contributed by atoms with Gasteiger partial charge in [-0.1, -0.05) is 48.5 Å². The molecule has 1 N–H and O–H groups in total. The van der Waals surface area contributed by atoms with Gasteiger partial charge in [0.05, 0.1) is 11.0 Å². The van der Waals surface area contributed by atoms with Crippen molar-refractivity contribution in [2.75, 3.05) is 5.32 Å². The average Bonchev–Trinajstić information content (AvgIpc) is 3.40. The van der Waals surface area contributed by atoms with Crippen LogP contribution in [-0.4, -0.2) is 15.3 Å². The summed E-state index contributed by atoms with van der Waals surface area (Å²) in [5.74, 6) is 1.26. The lowest BCUT2D eigenvalue weighted by atomic mass is 9.79. The Labute approximate surface area is 172 Å². The van der Waals surface area contributed by atoms with E-state index in [1.165, 1.54) is 10.4 Å². The van der Waals surface area contributed by atoms with E-state index in [1.54, 1.807) is 11.3 Å². The number of anilines is 1. The van der Waals surface area contributed by atoms with E-state index in [2.05, 4.69) is 45.6 Å². The number of allylic oxidation sites excluding steroid dienone is 2. The SMILES string of the molecule is O=C1CC(c2ccccc2)CC2=C1C(c1cccs1)n1c(nc3ccccc31)N2. The molecule has 4 aromatic rings. The molecule has 0 saturated carbocycles. The Kier molecular flexibility index (Phi) is 3.71. The van der Waals surface area contributed by atoms with Crippen LogP contribution in [0.15, 0.2) is 83.4 Å². The molecule has 2 aromatic heterocycles. The van der Waals surface area contributed by atoms with E-state index in [-0.39, 0.29) is 17.7 Å². The summed E-state index contributed by atoms with van der Waals surface area (Å²) in [6.07, 6.45) is 1.38. The van der Waals surface area contributed by atoms with Gasteiger partial charge in [-0.2, -0.15) is 0 Å². The Bertz CT molecular complexity index is 1250. The molecule has 142 valence electrons. The standard InChI is InChI=1S/C24H19N3OS/c28-20-14-16(15-7-2-1-3-8-15)13-18-22(20)23(21-11-6-12-29-21)27-19-10-5-4-9-17(19)25-24(27)26-18/h1-12,16,23H,13-14H2,(H,25,26). The van der Waals surface area contributed by atoms with Gasteiger partial charge in [0.15, 0.2) is 5.78 Å². The van der Waals surface area contributed by atoms with Gasteiger partial charge in [0.25, 0.3) is 0 Å². The second-order valence-electron chi connectivity index (χ2n) is 7.67. The molecule has 29 heavy (non-hydrogen) atoms. The molecule has 0 fully saturated rings. The lowest BCUT2D eigenvalue weighted by Gasteiger charge is -2.35. The highest BCUT2D eigenvalue weighted by Gasteiger charge is 2.39. The van der Waals surface area contributed by atoms with Crippen molar-refractivity contribution in [3.63, 3.8) is 0 Å². The van der Waals surface area contributed by atoms with E-state index in [9.17, 15) is 4.79 Å². The van der Waals surface area contributed by atoms with E-state index in [0.717, 1.165) is 34.7 Å². The number of hydrogen-bond donors (Lipinski definition) is 1. The number of nitrogens with zero attached hydrogens (tertiary/aromatic N) is 2. The highest BCUT2D eigenvalue weighted by atomic mass is 32.1. The predicted molar refractivity (Wildman–Crippen MR) is 116 cm³/mol. The lowest BCUT2D eigenvalue weighted by Crippen LogP contribution is -2.32. The van der Waals surface area contributed by atoms with Crippen molar-refractivity contribution >= 4 is 34.1 Å². The first kappa shape index (κ1) is 16.7. The Balaban J connectivity index is 1.53. The number of imidazole rings is 1. The monoisotopic (exact) mass is 397 g/mol. The van der Waals surface area contributed by atoms with Gasteiger partial charge in [0, 0.05) is 22.6 Å². The number of carbonyl (C=O) groups is 1. The Hall–Kier alpha value is -3.18. The van der Waals surface area contributed by atoms with Gasteiger partial charge in [-0.25, -0.2) is 4.98 Å². The second-order valence-corrected chi connectivity index (χ2v) is 8.65. The lowest BCUT2D eigenvalue weighted by molar-refractivity contribution is -0.116. The molecular formula is C24H19N3OS. The van der Waals surface area contributed by atoms with E-state index < -0.39 is 0 Å². The first-order valence-electron chi connectivity index (χ1n) is 9.88. The zero-order chi connectivity index (χ0) is 19.4. The summed E-state index contributed by atoms with van der Waals surface area (Å²) in [7, 11) is 0. The summed E-state index contributed by atoms with van der Waals surface area (Å²) < 4.78 is 2.20. The number of carbonyl (C=O) groups excluding carboxylic acids is 1. The van der Waals surface area contributed by atoms with Crippen LogP contribution >= 0.6 is 11.3 Å². The van der Waals surface area contributed by atoms with Gasteiger partial charge in [-0.05, 0) is 41.5 Å². The molecule has 5 heteroatoms. The largest absolute Gasteiger partial charge is 0.329 e. The maximum absolute atomic E-state index is 13.5. The molecule has 0 radical (unpaired) electrons. The number of benzene rings is 2. The Morgan fingerprint density at radius 1 is 0.966 bits per heavy atom. The van der Waals surface area contributed by atoms with Gasteiger partial charge in [-0.15, -0.1) is 11.3 Å². The third kappa shape index (κ3) is 2.58. The fourth-order valence-corrected chi connectivity index (χ4v) is 5.53. The van der Waals surface area contributed by atoms with Crippen LogP contribution in [0, 0.1) is 0 Å². The zero-order valence-corrected chi connectivity index (χ0v) is 16.5. The van der Waals surface area contributed by atoms with Crippen LogP contribution in [0.4, 0.5) is 5.95 Å². The Morgan fingerprint density at radius 2 is 1.79 bits per heavy atom. The first-order chi connectivity index (χ1) is 14.3. The molecule has 0 spiro atoms. The van der Waals surface area contributed by atoms with Crippen LogP contribution in [0.5, 0.6) is 0 Å². The summed E-state index contributed by atoms with van der Waals surface area (Å²) >= 11 is 1.70. The predicted octanol–water partition coefficient (Wildman–Crippen LogP) is 5.51.